The second-order valence-corrected chi connectivity index (χ2v) is 5.51. The van der Waals surface area contributed by atoms with Gasteiger partial charge >= 0.3 is 0 Å². The molecule has 3 aromatic rings. The lowest BCUT2D eigenvalue weighted by molar-refractivity contribution is 0.756. The van der Waals surface area contributed by atoms with Crippen molar-refractivity contribution in [2.24, 2.45) is 0 Å². The maximum Gasteiger partial charge on any atom is -0.0137 e. The zero-order chi connectivity index (χ0) is 12.8. The smallest absolute Gasteiger partial charge is 0.0137 e. The van der Waals surface area contributed by atoms with Gasteiger partial charge in [-0.3, -0.25) is 0 Å². The number of fused-ring (bicyclic) bond motifs is 5. The van der Waals surface area contributed by atoms with Gasteiger partial charge in [0.2, 0.25) is 0 Å². The molecule has 0 amide bonds. The summed E-state index contributed by atoms with van der Waals surface area (Å²) < 4.78 is 0. The van der Waals surface area contributed by atoms with Crippen molar-refractivity contribution in [2.75, 3.05) is 0 Å². The van der Waals surface area contributed by atoms with Crippen LogP contribution in [0, 0.1) is 0 Å². The van der Waals surface area contributed by atoms with E-state index >= 15 is 0 Å². The van der Waals surface area contributed by atoms with E-state index in [-0.39, 0.29) is 0 Å². The standard InChI is InChI=1S/C19H16/c1-13-12-15-7-3-4-8-16(15)18-11-10-14-6-2-5-9-17(14)19(13)18/h2-11,13H,12H2,1H3/t13-/m1/s1. The van der Waals surface area contributed by atoms with E-state index in [0.29, 0.717) is 5.92 Å². The molecule has 92 valence electrons. The SMILES string of the molecule is C[C@@H]1Cc2ccccc2-c2ccc3ccccc3c21. The second kappa shape index (κ2) is 3.96. The van der Waals surface area contributed by atoms with Crippen molar-refractivity contribution < 1.29 is 0 Å². The van der Waals surface area contributed by atoms with Gasteiger partial charge in [0.25, 0.3) is 0 Å². The molecule has 1 aliphatic rings. The Kier molecular flexibility index (Phi) is 2.25. The van der Waals surface area contributed by atoms with Crippen LogP contribution in [0.25, 0.3) is 21.9 Å². The number of hydrogen-bond acceptors (Lipinski definition) is 0. The maximum atomic E-state index is 2.35. The molecule has 0 spiro atoms. The van der Waals surface area contributed by atoms with Crippen molar-refractivity contribution in [2.45, 2.75) is 19.3 Å². The highest BCUT2D eigenvalue weighted by Crippen LogP contribution is 2.42. The molecule has 0 unspecified atom stereocenters. The van der Waals surface area contributed by atoms with Crippen molar-refractivity contribution in [3.63, 3.8) is 0 Å². The minimum Gasteiger partial charge on any atom is -0.0620 e. The van der Waals surface area contributed by atoms with Gasteiger partial charge in [0.15, 0.2) is 0 Å². The fourth-order valence-corrected chi connectivity index (χ4v) is 3.45. The lowest BCUT2D eigenvalue weighted by Crippen LogP contribution is -2.08. The topological polar surface area (TPSA) is 0 Å². The van der Waals surface area contributed by atoms with Gasteiger partial charge in [-0.2, -0.15) is 0 Å². The summed E-state index contributed by atoms with van der Waals surface area (Å²) in [7, 11) is 0. The molecule has 0 bridgehead atoms. The summed E-state index contributed by atoms with van der Waals surface area (Å²) in [5, 5.41) is 2.77. The summed E-state index contributed by atoms with van der Waals surface area (Å²) in [5.41, 5.74) is 5.85. The van der Waals surface area contributed by atoms with Crippen molar-refractivity contribution in [1.82, 2.24) is 0 Å². The Morgan fingerprint density at radius 2 is 1.58 bits per heavy atom. The summed E-state index contributed by atoms with van der Waals surface area (Å²) in [4.78, 5) is 0. The predicted molar refractivity (Wildman–Crippen MR) is 81.5 cm³/mol. The molecule has 0 aromatic heterocycles. The Hall–Kier alpha value is -2.08. The van der Waals surface area contributed by atoms with Crippen LogP contribution in [0.2, 0.25) is 0 Å². The van der Waals surface area contributed by atoms with Gasteiger partial charge in [-0.05, 0) is 45.4 Å². The van der Waals surface area contributed by atoms with E-state index in [0.717, 1.165) is 6.42 Å². The Morgan fingerprint density at radius 3 is 2.53 bits per heavy atom. The predicted octanol–water partition coefficient (Wildman–Crippen LogP) is 5.17. The molecular formula is C19H16. The Labute approximate surface area is 113 Å². The molecular weight excluding hydrogens is 228 g/mol. The zero-order valence-corrected chi connectivity index (χ0v) is 11.1. The molecule has 0 aliphatic heterocycles. The minimum atomic E-state index is 0.594. The summed E-state index contributed by atoms with van der Waals surface area (Å²) in [6.45, 7) is 2.35. The van der Waals surface area contributed by atoms with Crippen LogP contribution >= 0.6 is 0 Å². The summed E-state index contributed by atoms with van der Waals surface area (Å²) in [6, 6.07) is 22.1. The highest BCUT2D eigenvalue weighted by atomic mass is 14.3. The van der Waals surface area contributed by atoms with Gasteiger partial charge in [0.1, 0.15) is 0 Å². The lowest BCUT2D eigenvalue weighted by Gasteiger charge is -2.26. The molecule has 0 heteroatoms. The molecule has 1 atom stereocenters. The molecule has 4 rings (SSSR count). The van der Waals surface area contributed by atoms with Crippen LogP contribution < -0.4 is 0 Å². The van der Waals surface area contributed by atoms with Gasteiger partial charge in [-0.1, -0.05) is 67.6 Å². The normalized spacial score (nSPS) is 17.0. The third kappa shape index (κ3) is 1.53. The Bertz CT molecular complexity index is 768. The van der Waals surface area contributed by atoms with E-state index < -0.39 is 0 Å². The second-order valence-electron chi connectivity index (χ2n) is 5.51. The first kappa shape index (κ1) is 10.8. The van der Waals surface area contributed by atoms with Crippen LogP contribution in [-0.2, 0) is 6.42 Å². The molecule has 0 heterocycles. The van der Waals surface area contributed by atoms with Crippen LogP contribution in [0.3, 0.4) is 0 Å². The Balaban J connectivity index is 2.12. The van der Waals surface area contributed by atoms with E-state index in [1.165, 1.54) is 33.0 Å². The van der Waals surface area contributed by atoms with Crippen molar-refractivity contribution in [3.05, 3.63) is 71.8 Å². The molecule has 0 saturated heterocycles. The zero-order valence-electron chi connectivity index (χ0n) is 11.1. The fraction of sp³-hybridized carbons (Fsp3) is 0.158. The maximum absolute atomic E-state index is 2.35. The summed E-state index contributed by atoms with van der Waals surface area (Å²) in [6.07, 6.45) is 1.15. The largest absolute Gasteiger partial charge is 0.0620 e. The van der Waals surface area contributed by atoms with E-state index in [4.69, 9.17) is 0 Å². The summed E-state index contributed by atoms with van der Waals surface area (Å²) in [5.74, 6) is 0.594. The van der Waals surface area contributed by atoms with E-state index in [9.17, 15) is 0 Å². The Morgan fingerprint density at radius 1 is 0.789 bits per heavy atom. The third-order valence-electron chi connectivity index (χ3n) is 4.30. The molecule has 0 saturated carbocycles. The fourth-order valence-electron chi connectivity index (χ4n) is 3.45. The van der Waals surface area contributed by atoms with Gasteiger partial charge < -0.3 is 0 Å². The number of rotatable bonds is 0. The highest BCUT2D eigenvalue weighted by Gasteiger charge is 2.22. The third-order valence-corrected chi connectivity index (χ3v) is 4.30. The van der Waals surface area contributed by atoms with Crippen LogP contribution in [0.4, 0.5) is 0 Å². The van der Waals surface area contributed by atoms with E-state index in [1.807, 2.05) is 0 Å². The molecule has 0 nitrogen and oxygen atoms in total. The quantitative estimate of drug-likeness (QED) is 0.512. The van der Waals surface area contributed by atoms with Gasteiger partial charge in [-0.25, -0.2) is 0 Å². The molecule has 0 radical (unpaired) electrons. The van der Waals surface area contributed by atoms with Crippen LogP contribution in [0.5, 0.6) is 0 Å². The molecule has 0 N–H and O–H groups in total. The van der Waals surface area contributed by atoms with Crippen LogP contribution in [0.15, 0.2) is 60.7 Å². The van der Waals surface area contributed by atoms with Gasteiger partial charge in [0.05, 0.1) is 0 Å². The van der Waals surface area contributed by atoms with Crippen molar-refractivity contribution >= 4 is 10.8 Å². The van der Waals surface area contributed by atoms with Gasteiger partial charge in [-0.15, -0.1) is 0 Å². The van der Waals surface area contributed by atoms with E-state index in [1.54, 1.807) is 0 Å². The average molecular weight is 244 g/mol. The molecule has 19 heavy (non-hydrogen) atoms. The first-order chi connectivity index (χ1) is 9.34. The monoisotopic (exact) mass is 244 g/mol. The highest BCUT2D eigenvalue weighted by molar-refractivity contribution is 5.93. The van der Waals surface area contributed by atoms with Crippen molar-refractivity contribution in [3.8, 4) is 11.1 Å². The van der Waals surface area contributed by atoms with Crippen molar-refractivity contribution in [1.29, 1.82) is 0 Å². The van der Waals surface area contributed by atoms with Crippen LogP contribution in [-0.4, -0.2) is 0 Å². The van der Waals surface area contributed by atoms with Crippen LogP contribution in [0.1, 0.15) is 24.0 Å². The minimum absolute atomic E-state index is 0.594. The molecule has 1 aliphatic carbocycles. The molecule has 0 fully saturated rings. The van der Waals surface area contributed by atoms with Gasteiger partial charge in [0, 0.05) is 0 Å². The first-order valence-corrected chi connectivity index (χ1v) is 6.94. The van der Waals surface area contributed by atoms with E-state index in [2.05, 4.69) is 67.6 Å². The molecule has 3 aromatic carbocycles. The number of hydrogen-bond donors (Lipinski definition) is 0. The summed E-state index contributed by atoms with van der Waals surface area (Å²) >= 11 is 0. The number of benzene rings is 3. The lowest BCUT2D eigenvalue weighted by atomic mass is 9.77. The first-order valence-electron chi connectivity index (χ1n) is 6.94. The average Bonchev–Trinajstić information content (AvgIpc) is 2.46.